The molecule has 127 heavy (non-hydrogen) atoms. The van der Waals surface area contributed by atoms with Crippen LogP contribution in [0.1, 0.15) is 173 Å². The molecule has 5 atom stereocenters. The van der Waals surface area contributed by atoms with E-state index in [1.54, 1.807) is 63.4 Å². The second kappa shape index (κ2) is 45.9. The van der Waals surface area contributed by atoms with Crippen molar-refractivity contribution in [3.8, 4) is 0 Å². The molecule has 4 aliphatic carbocycles. The number of ketones is 2. The van der Waals surface area contributed by atoms with Crippen molar-refractivity contribution in [1.82, 2.24) is 68.1 Å². The molecule has 18 rings (SSSR count). The minimum atomic E-state index is -1.31. The molecule has 21 nitrogen and oxygen atoms in total. The number of allylic oxidation sites excluding steroid dienone is 3. The number of alkyl halides is 2. The number of Topliss-reactive ketones (excluding diaryl/α,β-unsaturated/α-hetero) is 2. The number of rotatable bonds is 12. The van der Waals surface area contributed by atoms with Crippen LogP contribution in [-0.2, 0) is 29.3 Å². The number of aromatic nitrogens is 8. The van der Waals surface area contributed by atoms with Crippen molar-refractivity contribution in [3.05, 3.63) is 293 Å². The van der Waals surface area contributed by atoms with E-state index < -0.39 is 26.8 Å². The van der Waals surface area contributed by atoms with Crippen molar-refractivity contribution in [3.63, 3.8) is 0 Å². The number of nitrogens with zero attached hydrogens (tertiary/aromatic N) is 14. The van der Waals surface area contributed by atoms with Gasteiger partial charge >= 0.3 is 51.3 Å². The molecule has 0 bridgehead atoms. The number of hydrogen-bond acceptors (Lipinski definition) is 19. The summed E-state index contributed by atoms with van der Waals surface area (Å²) in [6, 6.07) is 39.7. The Morgan fingerprint density at radius 2 is 0.819 bits per heavy atom. The maximum Gasteiger partial charge on any atom is 2.00 e. The van der Waals surface area contributed by atoms with Gasteiger partial charge in [-0.15, -0.1) is 23.2 Å². The van der Waals surface area contributed by atoms with Crippen LogP contribution in [0, 0.1) is 18.0 Å². The predicted molar refractivity (Wildman–Crippen MR) is 516 cm³/mol. The number of halogens is 7. The topological polar surface area (TPSA) is 242 Å². The maximum absolute atomic E-state index is 12.5. The summed E-state index contributed by atoms with van der Waals surface area (Å²) in [6.45, 7) is 24.3. The molecule has 33 heteroatoms. The normalized spacial score (nSPS) is 19.2. The standard InChI is InChI=1S/C25H29BClN5O2.C22H24BClN2O2.C21H23BClN3O2.C21H24BClN2O.C4H5N2.CH2Cl2.BrH.Mg/c1-25(33,22-15-28-16-30(22)3)21-13-17-5-4-8-29-23(17)24(19-7-6-18(27)14-20(19)21)31-9-11-32(12-10-31)26(2)34;1-14(27)19-12-16-4-3-9-25-22(16)21(18-6-5-17(24)13-20(18)19)15-7-10-26(11-8-15)23(2)28;1-14(27)18-12-15-4-3-7-24-20(15)21(17-6-5-16(23)13-19(17)18)25-8-10-26(11-9-25)22(2)28;1-14-12-16-4-3-9-24-21(16)20(18-6-5-17(23)13-19(14)18)15-7-10-25(11-8-15)22(2)26;1-6-3-2-5-4-6;2-1-3;;/h4-8,13-16,24,33-34H,9-12H2,1-3H3;3-6,9,12-13,15,21,28H,7-8,10-11H2,1-2H3;3-7,12-13,21,28H,8-11H2,1-2H3;3-6,9,12-13,15,20,26H,7-8,10-11H2,1-2H3;2,4H,1H3;1H2;1H;/q;;;;-1;;;+2/p-1/t24?,25-;;;;;;;/m1......./s1. The van der Waals surface area contributed by atoms with Gasteiger partial charge in [-0.2, -0.15) is 6.20 Å². The van der Waals surface area contributed by atoms with E-state index >= 15 is 0 Å². The Kier molecular flexibility index (Phi) is 36.3. The molecular weight excluding hydrogens is 1800 g/mol. The van der Waals surface area contributed by atoms with Gasteiger partial charge in [-0.25, -0.2) is 4.98 Å². The molecule has 10 heterocycles. The van der Waals surface area contributed by atoms with Gasteiger partial charge in [0.05, 0.1) is 58.4 Å². The minimum absolute atomic E-state index is 0. The molecule has 4 aliphatic heterocycles. The Labute approximate surface area is 804 Å². The smallest absolute Gasteiger partial charge is 1.00 e. The summed E-state index contributed by atoms with van der Waals surface area (Å²) in [5.74, 6) is 1.32. The third-order valence-electron chi connectivity index (χ3n) is 25.3. The van der Waals surface area contributed by atoms with Gasteiger partial charge in [-0.05, 0) is 301 Å². The van der Waals surface area contributed by atoms with Crippen molar-refractivity contribution in [2.75, 3.05) is 83.9 Å². The van der Waals surface area contributed by atoms with E-state index in [1.807, 2.05) is 167 Å². The van der Waals surface area contributed by atoms with E-state index in [-0.39, 0.29) is 87.9 Å². The number of carbonyl (C=O) groups excluding carboxylic acids is 2. The molecule has 5 N–H and O–H groups in total. The van der Waals surface area contributed by atoms with Gasteiger partial charge < -0.3 is 75.5 Å². The number of carbonyl (C=O) groups is 2. The van der Waals surface area contributed by atoms with Gasteiger partial charge in [0, 0.05) is 127 Å². The van der Waals surface area contributed by atoms with Crippen LogP contribution in [0.15, 0.2) is 171 Å². The second-order valence-corrected chi connectivity index (χ2v) is 35.9. The number of pyridine rings is 4. The van der Waals surface area contributed by atoms with Gasteiger partial charge in [-0.1, -0.05) is 107 Å². The van der Waals surface area contributed by atoms with Gasteiger partial charge in [0.2, 0.25) is 0 Å². The molecule has 4 saturated heterocycles. The fourth-order valence-corrected chi connectivity index (χ4v) is 19.6. The maximum atomic E-state index is 12.5. The largest absolute Gasteiger partial charge is 2.00 e. The number of hydrogen-bond donors (Lipinski definition) is 5. The molecule has 4 fully saturated rings. The summed E-state index contributed by atoms with van der Waals surface area (Å²) >= 11 is 35.0. The zero-order valence-electron chi connectivity index (χ0n) is 73.4. The van der Waals surface area contributed by atoms with Gasteiger partial charge in [0.15, 0.2) is 11.6 Å². The molecule has 10 aromatic rings. The van der Waals surface area contributed by atoms with Crippen LogP contribution >= 0.6 is 69.6 Å². The summed E-state index contributed by atoms with van der Waals surface area (Å²) in [5, 5.41) is 54.5. The zero-order valence-corrected chi connectivity index (χ0v) is 81.0. The van der Waals surface area contributed by atoms with Gasteiger partial charge in [0.1, 0.15) is 5.60 Å². The first-order valence-corrected chi connectivity index (χ1v) is 45.3. The second-order valence-electron chi connectivity index (χ2n) is 33.3. The van der Waals surface area contributed by atoms with E-state index in [9.17, 15) is 34.8 Å². The first-order valence-electron chi connectivity index (χ1n) is 42.7. The van der Waals surface area contributed by atoms with Crippen LogP contribution < -0.4 is 17.0 Å². The molecule has 0 radical (unpaired) electrons. The monoisotopic (exact) mass is 1900 g/mol. The van der Waals surface area contributed by atoms with Crippen molar-refractivity contribution < 1.29 is 51.8 Å². The van der Waals surface area contributed by atoms with E-state index in [1.165, 1.54) is 28.0 Å². The molecule has 658 valence electrons. The molecule has 4 aromatic carbocycles. The summed E-state index contributed by atoms with van der Waals surface area (Å²) in [5.41, 5.74) is 19.5. The number of fused-ring (bicyclic) bond motifs is 8. The summed E-state index contributed by atoms with van der Waals surface area (Å²) in [7, 11) is 2.07. The predicted octanol–water partition coefficient (Wildman–Crippen LogP) is 13.0. The van der Waals surface area contributed by atoms with Crippen LogP contribution in [-0.4, -0.2) is 240 Å². The van der Waals surface area contributed by atoms with Crippen LogP contribution in [0.25, 0.3) is 46.6 Å². The first-order chi connectivity index (χ1) is 60.0. The Morgan fingerprint density at radius 3 is 1.19 bits per heavy atom. The zero-order chi connectivity index (χ0) is 89.1. The number of piperidine rings is 2. The Bertz CT molecular complexity index is 5410. The van der Waals surface area contributed by atoms with Crippen LogP contribution in [0.4, 0.5) is 0 Å². The molecular formula is C94H107B4BrCl6MgN14O7. The quantitative estimate of drug-likeness (QED) is 0.0434. The summed E-state index contributed by atoms with van der Waals surface area (Å²) in [6.07, 6.45) is 29.1. The fourth-order valence-electron chi connectivity index (χ4n) is 18.9. The molecule has 0 saturated carbocycles. The van der Waals surface area contributed by atoms with Crippen molar-refractivity contribution in [2.45, 2.75) is 110 Å². The minimum Gasteiger partial charge on any atom is -1.00 e. The fraction of sp³-hybridized carbons (Fsp3) is 0.362. The van der Waals surface area contributed by atoms with Crippen LogP contribution in [0.5, 0.6) is 0 Å². The van der Waals surface area contributed by atoms with E-state index in [2.05, 4.69) is 88.5 Å². The number of aryl methyl sites for hydroxylation is 2. The van der Waals surface area contributed by atoms with Crippen LogP contribution in [0.3, 0.4) is 0 Å². The van der Waals surface area contributed by atoms with Crippen molar-refractivity contribution in [2.24, 2.45) is 25.9 Å². The third kappa shape index (κ3) is 23.7. The summed E-state index contributed by atoms with van der Waals surface area (Å²) < 4.78 is 3.60. The van der Waals surface area contributed by atoms with E-state index in [4.69, 9.17) is 89.5 Å². The molecule has 8 aliphatic rings. The number of piperazine rings is 2. The summed E-state index contributed by atoms with van der Waals surface area (Å²) in [4.78, 5) is 65.2. The number of benzene rings is 4. The van der Waals surface area contributed by atoms with Gasteiger partial charge in [-0.3, -0.25) is 39.3 Å². The third-order valence-corrected chi connectivity index (χ3v) is 26.2. The molecule has 6 aromatic heterocycles. The SMILES string of the molecule is CB(O)N1CCC(C2c3ccc(Cl)cc3C(C(C)=O)=Cc3cccnc32)CC1.CB(O)N1CCC(C2c3ccc(Cl)cc3C(C)=Cc3cccnc32)CC1.CB(O)N1CCN(C2c3ccc(Cl)cc3C(C(C)=O)=Cc3cccnc32)CC1.CB(O)N1CCN(C2c3ccc(Cl)cc3C([C@@](C)(O)c3cncn3C)=Cc3cccnc32)CC1.ClCCl.Cn1[c-]cnc1.[Br-].[Mg+2]. The first kappa shape index (κ1) is 101. The average Bonchev–Trinajstić information content (AvgIpc) is 1.61. The molecule has 0 amide bonds. The van der Waals surface area contributed by atoms with E-state index in [0.717, 1.165) is 182 Å². The van der Waals surface area contributed by atoms with Crippen molar-refractivity contribution in [1.29, 1.82) is 0 Å². The van der Waals surface area contributed by atoms with E-state index in [0.29, 0.717) is 43.7 Å². The van der Waals surface area contributed by atoms with Crippen molar-refractivity contribution >= 4 is 179 Å². The molecule has 0 spiro atoms. The van der Waals surface area contributed by atoms with Gasteiger partial charge in [0.25, 0.3) is 0 Å². The average molecular weight is 1910 g/mol. The molecule has 4 unspecified atom stereocenters. The Morgan fingerprint density at radius 1 is 0.472 bits per heavy atom. The number of aliphatic hydroxyl groups is 1. The Hall–Kier alpha value is -6.99. The van der Waals surface area contributed by atoms with Crippen LogP contribution in [0.2, 0.25) is 47.4 Å². The Balaban J connectivity index is 0.000000158. The number of imidazole rings is 2.